The summed E-state index contributed by atoms with van der Waals surface area (Å²) in [5.74, 6) is 1.22. The number of carbonyl (C=O) groups excluding carboxylic acids is 1. The van der Waals surface area contributed by atoms with Crippen LogP contribution in [0.25, 0.3) is 0 Å². The van der Waals surface area contributed by atoms with E-state index in [0.717, 1.165) is 10.5 Å². The number of carbonyl (C=O) groups is 1. The maximum Gasteiger partial charge on any atom is 0.287 e. The molecule has 0 bridgehead atoms. The summed E-state index contributed by atoms with van der Waals surface area (Å²) in [4.78, 5) is 14.0. The molecule has 1 amide bonds. The number of aryl methyl sites for hydroxylation is 2. The number of ether oxygens (including phenoxy) is 2. The number of methoxy groups -OCH3 is 2. The van der Waals surface area contributed by atoms with Crippen molar-refractivity contribution in [2.75, 3.05) is 14.2 Å². The summed E-state index contributed by atoms with van der Waals surface area (Å²) in [5, 5.41) is 3.70. The SMILES string of the molecule is C=CCC(NC(=O)c1ccc(Sc2c(C)cccc2C)o1)c1ccc(OC)c(OC)c1. The molecule has 0 fully saturated rings. The summed E-state index contributed by atoms with van der Waals surface area (Å²) in [6.07, 6.45) is 2.33. The van der Waals surface area contributed by atoms with E-state index in [1.165, 1.54) is 22.9 Å². The Morgan fingerprint density at radius 3 is 2.45 bits per heavy atom. The molecule has 3 rings (SSSR count). The molecule has 0 aliphatic rings. The first kappa shape index (κ1) is 22.6. The minimum atomic E-state index is -0.282. The highest BCUT2D eigenvalue weighted by Gasteiger charge is 2.19. The van der Waals surface area contributed by atoms with Gasteiger partial charge in [0, 0.05) is 4.90 Å². The molecule has 6 heteroatoms. The van der Waals surface area contributed by atoms with Gasteiger partial charge in [0.05, 0.1) is 20.3 Å². The molecule has 3 aromatic rings. The molecule has 1 aromatic heterocycles. The number of benzene rings is 2. The zero-order valence-electron chi connectivity index (χ0n) is 18.2. The molecular formula is C25H27NO4S. The van der Waals surface area contributed by atoms with Crippen molar-refractivity contribution in [2.45, 2.75) is 36.3 Å². The van der Waals surface area contributed by atoms with E-state index < -0.39 is 0 Å². The predicted molar refractivity (Wildman–Crippen MR) is 123 cm³/mol. The Bertz CT molecular complexity index is 1050. The van der Waals surface area contributed by atoms with Gasteiger partial charge in [-0.1, -0.05) is 42.1 Å². The molecule has 5 nitrogen and oxygen atoms in total. The normalized spacial score (nSPS) is 11.6. The van der Waals surface area contributed by atoms with Gasteiger partial charge >= 0.3 is 0 Å². The Labute approximate surface area is 187 Å². The van der Waals surface area contributed by atoms with Gasteiger partial charge < -0.3 is 19.2 Å². The number of nitrogens with one attached hydrogen (secondary N) is 1. The Morgan fingerprint density at radius 1 is 1.10 bits per heavy atom. The number of hydrogen-bond acceptors (Lipinski definition) is 5. The standard InChI is InChI=1S/C25H27NO4S/c1-6-8-19(18-11-12-20(28-4)22(15-18)29-5)26-25(27)21-13-14-23(30-21)31-24-16(2)9-7-10-17(24)3/h6-7,9-15,19H,1,8H2,2-5H3,(H,26,27). The first-order valence-corrected chi connectivity index (χ1v) is 10.8. The molecular weight excluding hydrogens is 410 g/mol. The third kappa shape index (κ3) is 5.33. The van der Waals surface area contributed by atoms with E-state index in [-0.39, 0.29) is 17.7 Å². The molecule has 0 saturated heterocycles. The van der Waals surface area contributed by atoms with Crippen LogP contribution in [0.5, 0.6) is 11.5 Å². The third-order valence-electron chi connectivity index (χ3n) is 4.93. The first-order valence-electron chi connectivity index (χ1n) is 9.94. The van der Waals surface area contributed by atoms with E-state index in [2.05, 4.69) is 37.9 Å². The molecule has 31 heavy (non-hydrogen) atoms. The lowest BCUT2D eigenvalue weighted by Crippen LogP contribution is -2.28. The fourth-order valence-electron chi connectivity index (χ4n) is 3.30. The van der Waals surface area contributed by atoms with Crippen LogP contribution in [0.15, 0.2) is 75.6 Å². The van der Waals surface area contributed by atoms with Crippen LogP contribution < -0.4 is 14.8 Å². The van der Waals surface area contributed by atoms with Crippen molar-refractivity contribution in [3.8, 4) is 11.5 Å². The van der Waals surface area contributed by atoms with Crippen molar-refractivity contribution in [1.29, 1.82) is 0 Å². The summed E-state index contributed by atoms with van der Waals surface area (Å²) >= 11 is 1.52. The molecule has 0 aliphatic heterocycles. The number of rotatable bonds is 9. The summed E-state index contributed by atoms with van der Waals surface area (Å²) in [6, 6.07) is 15.0. The summed E-state index contributed by atoms with van der Waals surface area (Å²) in [7, 11) is 3.17. The highest BCUT2D eigenvalue weighted by molar-refractivity contribution is 7.99. The van der Waals surface area contributed by atoms with Crippen LogP contribution in [0, 0.1) is 13.8 Å². The van der Waals surface area contributed by atoms with Crippen LogP contribution in [0.3, 0.4) is 0 Å². The van der Waals surface area contributed by atoms with Gasteiger partial charge in [0.15, 0.2) is 22.4 Å². The van der Waals surface area contributed by atoms with E-state index in [1.54, 1.807) is 26.4 Å². The fraction of sp³-hybridized carbons (Fsp3) is 0.240. The Morgan fingerprint density at radius 2 is 1.81 bits per heavy atom. The number of furan rings is 1. The monoisotopic (exact) mass is 437 g/mol. The van der Waals surface area contributed by atoms with Gasteiger partial charge in [-0.25, -0.2) is 0 Å². The largest absolute Gasteiger partial charge is 0.493 e. The summed E-state index contributed by atoms with van der Waals surface area (Å²) < 4.78 is 16.5. The second kappa shape index (κ2) is 10.3. The molecule has 0 spiro atoms. The lowest BCUT2D eigenvalue weighted by atomic mass is 10.0. The molecule has 0 radical (unpaired) electrons. The zero-order chi connectivity index (χ0) is 22.4. The quantitative estimate of drug-likeness (QED) is 0.409. The fourth-order valence-corrected chi connectivity index (χ4v) is 4.23. The molecule has 0 saturated carbocycles. The van der Waals surface area contributed by atoms with E-state index in [0.29, 0.717) is 23.0 Å². The van der Waals surface area contributed by atoms with Gasteiger partial charge in [-0.3, -0.25) is 4.79 Å². The van der Waals surface area contributed by atoms with Crippen LogP contribution in [-0.2, 0) is 0 Å². The molecule has 1 heterocycles. The van der Waals surface area contributed by atoms with Gasteiger partial charge in [0.1, 0.15) is 0 Å². The van der Waals surface area contributed by atoms with E-state index in [4.69, 9.17) is 13.9 Å². The van der Waals surface area contributed by atoms with Gasteiger partial charge in [0.2, 0.25) is 0 Å². The maximum absolute atomic E-state index is 12.9. The van der Waals surface area contributed by atoms with Gasteiger partial charge in [-0.15, -0.1) is 6.58 Å². The van der Waals surface area contributed by atoms with Crippen molar-refractivity contribution < 1.29 is 18.7 Å². The highest BCUT2D eigenvalue weighted by Crippen LogP contribution is 2.34. The van der Waals surface area contributed by atoms with Gasteiger partial charge in [-0.2, -0.15) is 0 Å². The lowest BCUT2D eigenvalue weighted by molar-refractivity contribution is 0.0903. The van der Waals surface area contributed by atoms with Gasteiger partial charge in [0.25, 0.3) is 5.91 Å². The average molecular weight is 438 g/mol. The Hall–Kier alpha value is -3.12. The zero-order valence-corrected chi connectivity index (χ0v) is 19.0. The predicted octanol–water partition coefficient (Wildman–Crippen LogP) is 6.11. The smallest absolute Gasteiger partial charge is 0.287 e. The van der Waals surface area contributed by atoms with Crippen molar-refractivity contribution in [1.82, 2.24) is 5.32 Å². The van der Waals surface area contributed by atoms with Crippen LogP contribution in [0.2, 0.25) is 0 Å². The Balaban J connectivity index is 1.77. The molecule has 162 valence electrons. The second-order valence-electron chi connectivity index (χ2n) is 7.11. The average Bonchev–Trinajstić information content (AvgIpc) is 3.24. The number of hydrogen-bond donors (Lipinski definition) is 1. The minimum absolute atomic E-state index is 0.267. The van der Waals surface area contributed by atoms with Crippen molar-refractivity contribution in [2.24, 2.45) is 0 Å². The summed E-state index contributed by atoms with van der Waals surface area (Å²) in [6.45, 7) is 7.94. The van der Waals surface area contributed by atoms with E-state index >= 15 is 0 Å². The molecule has 2 aromatic carbocycles. The lowest BCUT2D eigenvalue weighted by Gasteiger charge is -2.18. The van der Waals surface area contributed by atoms with Crippen LogP contribution in [0.4, 0.5) is 0 Å². The number of amides is 1. The third-order valence-corrected chi connectivity index (χ3v) is 6.20. The van der Waals surface area contributed by atoms with Crippen molar-refractivity contribution >= 4 is 17.7 Å². The first-order chi connectivity index (χ1) is 15.0. The van der Waals surface area contributed by atoms with Crippen LogP contribution in [-0.4, -0.2) is 20.1 Å². The second-order valence-corrected chi connectivity index (χ2v) is 8.12. The highest BCUT2D eigenvalue weighted by atomic mass is 32.2. The van der Waals surface area contributed by atoms with E-state index in [1.807, 2.05) is 30.3 Å². The molecule has 1 unspecified atom stereocenters. The van der Waals surface area contributed by atoms with Crippen LogP contribution >= 0.6 is 11.8 Å². The maximum atomic E-state index is 12.9. The Kier molecular flexibility index (Phi) is 7.47. The van der Waals surface area contributed by atoms with Crippen molar-refractivity contribution in [3.05, 3.63) is 83.6 Å². The molecule has 1 N–H and O–H groups in total. The van der Waals surface area contributed by atoms with Gasteiger partial charge in [-0.05, 0) is 61.2 Å². The summed E-state index contributed by atoms with van der Waals surface area (Å²) in [5.41, 5.74) is 3.24. The topological polar surface area (TPSA) is 60.7 Å². The molecule has 0 aliphatic carbocycles. The minimum Gasteiger partial charge on any atom is -0.493 e. The van der Waals surface area contributed by atoms with E-state index in [9.17, 15) is 4.79 Å². The molecule has 1 atom stereocenters. The van der Waals surface area contributed by atoms with Crippen molar-refractivity contribution in [3.63, 3.8) is 0 Å². The van der Waals surface area contributed by atoms with Crippen LogP contribution in [0.1, 0.15) is 39.7 Å².